The molecule has 1 heterocycles. The smallest absolute Gasteiger partial charge is 0.312 e. The number of hydrogen-bond donors (Lipinski definition) is 0. The second-order valence-electron chi connectivity index (χ2n) is 6.56. The number of cyclic esters (lactones) is 1. The van der Waals surface area contributed by atoms with Crippen molar-refractivity contribution >= 4 is 5.97 Å². The maximum absolute atomic E-state index is 11.4. The highest BCUT2D eigenvalue weighted by atomic mass is 16.5. The third-order valence-corrected chi connectivity index (χ3v) is 4.44. The van der Waals surface area contributed by atoms with Crippen molar-refractivity contribution in [3.8, 4) is 11.5 Å². The zero-order valence-corrected chi connectivity index (χ0v) is 15.5. The summed E-state index contributed by atoms with van der Waals surface area (Å²) >= 11 is 0. The molecular weight excluding hydrogens is 340 g/mol. The minimum Gasteiger partial charge on any atom is -0.494 e. The highest BCUT2D eigenvalue weighted by molar-refractivity contribution is 5.76. The molecule has 0 N–H and O–H groups in total. The van der Waals surface area contributed by atoms with Gasteiger partial charge >= 0.3 is 5.97 Å². The Bertz CT molecular complexity index is 722. The Labute approximate surface area is 160 Å². The van der Waals surface area contributed by atoms with Gasteiger partial charge in [0, 0.05) is 0 Å². The molecule has 1 saturated heterocycles. The molecule has 27 heavy (non-hydrogen) atoms. The molecule has 2 aromatic rings. The maximum atomic E-state index is 11.4. The van der Waals surface area contributed by atoms with Crippen molar-refractivity contribution in [2.75, 3.05) is 19.8 Å². The normalized spacial score (nSPS) is 16.4. The van der Waals surface area contributed by atoms with Crippen molar-refractivity contribution in [1.29, 1.82) is 0 Å². The van der Waals surface area contributed by atoms with Crippen molar-refractivity contribution in [2.24, 2.45) is 5.92 Å². The van der Waals surface area contributed by atoms with E-state index in [1.165, 1.54) is 5.56 Å². The number of rotatable bonds is 10. The van der Waals surface area contributed by atoms with E-state index in [-0.39, 0.29) is 11.9 Å². The van der Waals surface area contributed by atoms with E-state index >= 15 is 0 Å². The number of para-hydroxylation sites is 1. The molecule has 2 aromatic carbocycles. The summed E-state index contributed by atoms with van der Waals surface area (Å²) in [5, 5.41) is 0. The Kier molecular flexibility index (Phi) is 7.34. The van der Waals surface area contributed by atoms with Gasteiger partial charge in [-0.15, -0.1) is 0 Å². The third kappa shape index (κ3) is 6.48. The van der Waals surface area contributed by atoms with Crippen LogP contribution < -0.4 is 9.47 Å². The zero-order valence-electron chi connectivity index (χ0n) is 15.5. The van der Waals surface area contributed by atoms with Crippen molar-refractivity contribution in [2.45, 2.75) is 25.7 Å². The molecule has 142 valence electrons. The minimum atomic E-state index is -0.107. The molecule has 4 nitrogen and oxygen atoms in total. The fourth-order valence-electron chi connectivity index (χ4n) is 2.88. The van der Waals surface area contributed by atoms with Gasteiger partial charge in [0.15, 0.2) is 0 Å². The lowest BCUT2D eigenvalue weighted by Crippen LogP contribution is -2.03. The van der Waals surface area contributed by atoms with Gasteiger partial charge in [0.1, 0.15) is 11.5 Å². The summed E-state index contributed by atoms with van der Waals surface area (Å²) in [5.74, 6) is 1.61. The van der Waals surface area contributed by atoms with Crippen LogP contribution in [-0.2, 0) is 16.0 Å². The van der Waals surface area contributed by atoms with Crippen molar-refractivity contribution in [3.63, 3.8) is 0 Å². The second kappa shape index (κ2) is 10.4. The molecule has 0 aromatic heterocycles. The number of allylic oxidation sites excluding steroid dienone is 1. The van der Waals surface area contributed by atoms with Crippen LogP contribution in [0.25, 0.3) is 0 Å². The summed E-state index contributed by atoms with van der Waals surface area (Å²) in [4.78, 5) is 11.4. The summed E-state index contributed by atoms with van der Waals surface area (Å²) in [7, 11) is 0. The first-order chi connectivity index (χ1) is 13.3. The van der Waals surface area contributed by atoms with Gasteiger partial charge in [-0.1, -0.05) is 42.5 Å². The highest BCUT2D eigenvalue weighted by Crippen LogP contribution is 2.17. The fraction of sp³-hybridized carbons (Fsp3) is 0.348. The molecular formula is C23H26O4. The Hall–Kier alpha value is -2.75. The molecule has 1 aliphatic heterocycles. The van der Waals surface area contributed by atoms with E-state index in [4.69, 9.17) is 14.2 Å². The largest absolute Gasteiger partial charge is 0.494 e. The average Bonchev–Trinajstić information content (AvgIpc) is 3.11. The summed E-state index contributed by atoms with van der Waals surface area (Å²) in [6.45, 7) is 1.92. The lowest BCUT2D eigenvalue weighted by atomic mass is 10.1. The Morgan fingerprint density at radius 2 is 1.59 bits per heavy atom. The summed E-state index contributed by atoms with van der Waals surface area (Å²) < 4.78 is 16.4. The predicted molar refractivity (Wildman–Crippen MR) is 105 cm³/mol. The van der Waals surface area contributed by atoms with Crippen LogP contribution in [0.4, 0.5) is 0 Å². The van der Waals surface area contributed by atoms with Gasteiger partial charge in [-0.2, -0.15) is 0 Å². The minimum absolute atomic E-state index is 0.0709. The molecule has 0 saturated carbocycles. The van der Waals surface area contributed by atoms with Crippen LogP contribution in [0.3, 0.4) is 0 Å². The van der Waals surface area contributed by atoms with E-state index in [0.29, 0.717) is 19.8 Å². The molecule has 1 atom stereocenters. The molecule has 0 bridgehead atoms. The Morgan fingerprint density at radius 1 is 0.926 bits per heavy atom. The van der Waals surface area contributed by atoms with E-state index in [1.807, 2.05) is 54.6 Å². The van der Waals surface area contributed by atoms with E-state index in [9.17, 15) is 4.79 Å². The van der Waals surface area contributed by atoms with Gasteiger partial charge in [0.2, 0.25) is 0 Å². The average molecular weight is 366 g/mol. The van der Waals surface area contributed by atoms with E-state index < -0.39 is 0 Å². The molecule has 3 rings (SSSR count). The molecule has 0 spiro atoms. The number of carbonyl (C=O) groups is 1. The van der Waals surface area contributed by atoms with Gasteiger partial charge in [-0.3, -0.25) is 4.79 Å². The van der Waals surface area contributed by atoms with Gasteiger partial charge in [0.05, 0.1) is 25.7 Å². The summed E-state index contributed by atoms with van der Waals surface area (Å²) in [5.41, 5.74) is 1.20. The second-order valence-corrected chi connectivity index (χ2v) is 6.56. The lowest BCUT2D eigenvalue weighted by molar-refractivity contribution is -0.140. The SMILES string of the molecule is O=C1OCC[C@@H]1/C=C\Cc1ccc(OCCCCOc2ccccc2)cc1. The van der Waals surface area contributed by atoms with Crippen LogP contribution in [0.1, 0.15) is 24.8 Å². The van der Waals surface area contributed by atoms with Crippen molar-refractivity contribution in [3.05, 3.63) is 72.3 Å². The topological polar surface area (TPSA) is 44.8 Å². The Balaban J connectivity index is 1.29. The van der Waals surface area contributed by atoms with Gasteiger partial charge in [-0.25, -0.2) is 0 Å². The maximum Gasteiger partial charge on any atom is 0.312 e. The molecule has 4 heteroatoms. The standard InChI is InChI=1S/C23H26O4/c24-23-20(15-18-27-23)8-6-7-19-11-13-22(14-12-19)26-17-5-4-16-25-21-9-2-1-3-10-21/h1-3,6,8-14,20H,4-5,7,15-18H2/b8-6-/t20-/m0/s1. The zero-order chi connectivity index (χ0) is 18.7. The fourth-order valence-corrected chi connectivity index (χ4v) is 2.88. The molecule has 0 unspecified atom stereocenters. The van der Waals surface area contributed by atoms with E-state index in [0.717, 1.165) is 37.2 Å². The van der Waals surface area contributed by atoms with Crippen LogP contribution in [0.2, 0.25) is 0 Å². The monoisotopic (exact) mass is 366 g/mol. The first kappa shape index (κ1) is 19.0. The van der Waals surface area contributed by atoms with E-state index in [1.54, 1.807) is 0 Å². The van der Waals surface area contributed by atoms with Crippen LogP contribution in [0, 0.1) is 5.92 Å². The summed E-state index contributed by atoms with van der Waals surface area (Å²) in [6, 6.07) is 18.0. The predicted octanol–water partition coefficient (Wildman–Crippen LogP) is 4.59. The molecule has 0 aliphatic carbocycles. The van der Waals surface area contributed by atoms with Crippen molar-refractivity contribution in [1.82, 2.24) is 0 Å². The number of benzene rings is 2. The number of unbranched alkanes of at least 4 members (excludes halogenated alkanes) is 1. The van der Waals surface area contributed by atoms with Crippen LogP contribution in [-0.4, -0.2) is 25.8 Å². The van der Waals surface area contributed by atoms with Crippen LogP contribution in [0.15, 0.2) is 66.7 Å². The number of carbonyl (C=O) groups excluding carboxylic acids is 1. The number of hydrogen-bond acceptors (Lipinski definition) is 4. The molecule has 1 aliphatic rings. The highest BCUT2D eigenvalue weighted by Gasteiger charge is 2.23. The molecule has 1 fully saturated rings. The van der Waals surface area contributed by atoms with Gasteiger partial charge in [0.25, 0.3) is 0 Å². The summed E-state index contributed by atoms with van der Waals surface area (Å²) in [6.07, 6.45) is 7.51. The van der Waals surface area contributed by atoms with Crippen molar-refractivity contribution < 1.29 is 19.0 Å². The first-order valence-electron chi connectivity index (χ1n) is 9.54. The third-order valence-electron chi connectivity index (χ3n) is 4.44. The molecule has 0 amide bonds. The first-order valence-corrected chi connectivity index (χ1v) is 9.54. The Morgan fingerprint density at radius 3 is 2.22 bits per heavy atom. The lowest BCUT2D eigenvalue weighted by Gasteiger charge is -2.08. The van der Waals surface area contributed by atoms with Gasteiger partial charge in [-0.05, 0) is 55.5 Å². The number of esters is 1. The van der Waals surface area contributed by atoms with Crippen LogP contribution in [0.5, 0.6) is 11.5 Å². The number of ether oxygens (including phenoxy) is 3. The van der Waals surface area contributed by atoms with E-state index in [2.05, 4.69) is 12.1 Å². The quantitative estimate of drug-likeness (QED) is 0.351. The van der Waals surface area contributed by atoms with Crippen LogP contribution >= 0.6 is 0 Å². The van der Waals surface area contributed by atoms with Gasteiger partial charge < -0.3 is 14.2 Å². The molecule has 0 radical (unpaired) electrons.